The van der Waals surface area contributed by atoms with E-state index in [2.05, 4.69) is 105 Å². The Labute approximate surface area is 215 Å². The Bertz CT molecular complexity index is 1450. The van der Waals surface area contributed by atoms with E-state index in [-0.39, 0.29) is 0 Å². The lowest BCUT2D eigenvalue weighted by Gasteiger charge is -1.87. The number of thiazole rings is 1. The summed E-state index contributed by atoms with van der Waals surface area (Å²) in [4.78, 5) is 7.52. The number of benzene rings is 3. The van der Waals surface area contributed by atoms with Crippen molar-refractivity contribution >= 4 is 43.4 Å². The van der Waals surface area contributed by atoms with Crippen LogP contribution in [0.5, 0.6) is 0 Å². The molecule has 8 aromatic rings. The summed E-state index contributed by atoms with van der Waals surface area (Å²) in [5, 5.41) is 24.1. The fraction of sp³-hybridized carbons (Fsp3) is 0. The van der Waals surface area contributed by atoms with Crippen LogP contribution >= 0.6 is 11.3 Å². The maximum atomic E-state index is 4.58. The van der Waals surface area contributed by atoms with Gasteiger partial charge < -0.3 is 9.40 Å². The van der Waals surface area contributed by atoms with Crippen molar-refractivity contribution in [2.75, 3.05) is 0 Å². The van der Waals surface area contributed by atoms with Crippen molar-refractivity contribution in [1.29, 1.82) is 0 Å². The van der Waals surface area contributed by atoms with Crippen LogP contribution in [0.3, 0.4) is 0 Å². The topological polar surface area (TPSA) is 138 Å². The van der Waals surface area contributed by atoms with Crippen molar-refractivity contribution < 1.29 is 4.42 Å². The average molecular weight is 510 g/mol. The monoisotopic (exact) mass is 509 g/mol. The van der Waals surface area contributed by atoms with E-state index in [1.165, 1.54) is 32.8 Å². The number of nitrogens with zero attached hydrogens (tertiary/aromatic N) is 6. The van der Waals surface area contributed by atoms with Crippen LogP contribution in [0.4, 0.5) is 0 Å². The third-order valence-electron chi connectivity index (χ3n) is 4.68. The summed E-state index contributed by atoms with van der Waals surface area (Å²) in [6.07, 6.45) is 7.75. The molecule has 0 amide bonds. The van der Waals surface area contributed by atoms with Gasteiger partial charge in [-0.15, -0.1) is 21.5 Å². The molecule has 5 aromatic heterocycles. The quantitative estimate of drug-likeness (QED) is 0.231. The summed E-state index contributed by atoms with van der Waals surface area (Å²) in [6, 6.07) is 28.6. The zero-order chi connectivity index (χ0) is 25.4. The number of hydrogen-bond acceptors (Lipinski definition) is 8. The lowest BCUT2D eigenvalue weighted by Crippen LogP contribution is -1.64. The fourth-order valence-corrected chi connectivity index (χ4v) is 3.80. The first-order chi connectivity index (χ1) is 18.4. The van der Waals surface area contributed by atoms with Crippen LogP contribution in [0.25, 0.3) is 32.0 Å². The van der Waals surface area contributed by atoms with Crippen molar-refractivity contribution in [3.63, 3.8) is 0 Å². The van der Waals surface area contributed by atoms with Gasteiger partial charge in [0.25, 0.3) is 0 Å². The zero-order valence-electron chi connectivity index (χ0n) is 19.5. The van der Waals surface area contributed by atoms with Crippen molar-refractivity contribution in [1.82, 2.24) is 46.0 Å². The summed E-state index contributed by atoms with van der Waals surface area (Å²) < 4.78 is 5.84. The van der Waals surface area contributed by atoms with Crippen LogP contribution in [-0.2, 0) is 0 Å². The van der Waals surface area contributed by atoms with E-state index in [1.54, 1.807) is 36.3 Å². The molecule has 8 rings (SSSR count). The number of para-hydroxylation sites is 3. The molecular weight excluding hydrogens is 486 g/mol. The van der Waals surface area contributed by atoms with E-state index in [9.17, 15) is 0 Å². The van der Waals surface area contributed by atoms with Gasteiger partial charge in [0.05, 0.1) is 40.6 Å². The minimum Gasteiger partial charge on any atom is -0.473 e. The SMILES string of the molecule is c1ccc2c(c1)[nH]c1ccccc12.c1ccc2scnc2c1.c1ccoc1.c1cn[nH]n1.c1nn[nH]n1. The molecule has 0 aliphatic carbocycles. The molecule has 0 aliphatic rings. The Hall–Kier alpha value is -5.16. The van der Waals surface area contributed by atoms with Crippen molar-refractivity contribution in [3.8, 4) is 0 Å². The molecule has 0 spiro atoms. The standard InChI is InChI=1S/C12H9N.C7H5NS.C4H4O.C2H3N3.CH2N4/c1-3-7-11-9(5-1)10-6-2-4-8-12(10)13-11;1-2-4-7-6(3-1)8-5-9-7;3*1-2-4-5-3-1/h1-8,13H;1-5H;1-4H;1-2H,(H,3,4,5);1H,(H,2,3,4,5). The second kappa shape index (κ2) is 14.3. The molecule has 3 N–H and O–H groups in total. The Morgan fingerprint density at radius 2 is 1.30 bits per heavy atom. The number of H-pyrrole nitrogens is 3. The third-order valence-corrected chi connectivity index (χ3v) is 5.49. The normalized spacial score (nSPS) is 9.62. The van der Waals surface area contributed by atoms with Gasteiger partial charge in [-0.1, -0.05) is 53.7 Å². The Kier molecular flexibility index (Phi) is 9.63. The fourth-order valence-electron chi connectivity index (χ4n) is 3.13. The van der Waals surface area contributed by atoms with Crippen molar-refractivity contribution in [3.05, 3.63) is 122 Å². The molecular formula is C26H23N9OS. The predicted octanol–water partition coefficient (Wildman–Crippen LogP) is 5.90. The second-order valence-corrected chi connectivity index (χ2v) is 7.93. The molecule has 3 aromatic carbocycles. The summed E-state index contributed by atoms with van der Waals surface area (Å²) in [6.45, 7) is 0. The molecule has 0 fully saturated rings. The number of hydrogen-bond donors (Lipinski definition) is 3. The molecule has 0 aliphatic heterocycles. The maximum Gasteiger partial charge on any atom is 0.161 e. The highest BCUT2D eigenvalue weighted by atomic mass is 32.1. The Balaban J connectivity index is 0.000000116. The summed E-state index contributed by atoms with van der Waals surface area (Å²) in [5.74, 6) is 0. The molecule has 0 saturated carbocycles. The van der Waals surface area contributed by atoms with E-state index in [1.807, 2.05) is 35.8 Å². The van der Waals surface area contributed by atoms with Gasteiger partial charge in [0.15, 0.2) is 6.33 Å². The van der Waals surface area contributed by atoms with Gasteiger partial charge in [-0.3, -0.25) is 0 Å². The molecule has 0 atom stereocenters. The molecule has 0 saturated heterocycles. The number of tetrazole rings is 1. The first kappa shape index (κ1) is 24.9. The third kappa shape index (κ3) is 7.94. The maximum absolute atomic E-state index is 4.58. The number of aromatic nitrogens is 9. The Morgan fingerprint density at radius 3 is 1.78 bits per heavy atom. The predicted molar refractivity (Wildman–Crippen MR) is 145 cm³/mol. The highest BCUT2D eigenvalue weighted by Crippen LogP contribution is 2.24. The minimum atomic E-state index is 1.10. The van der Waals surface area contributed by atoms with E-state index >= 15 is 0 Å². The lowest BCUT2D eigenvalue weighted by molar-refractivity contribution is 0.567. The molecule has 0 bridgehead atoms. The molecule has 5 heterocycles. The van der Waals surface area contributed by atoms with Gasteiger partial charge in [0.2, 0.25) is 0 Å². The molecule has 0 unspecified atom stereocenters. The number of furan rings is 1. The zero-order valence-corrected chi connectivity index (χ0v) is 20.4. The number of aromatic amines is 3. The average Bonchev–Trinajstić information content (AvgIpc) is 3.82. The van der Waals surface area contributed by atoms with Gasteiger partial charge in [-0.05, 0) is 36.4 Å². The largest absolute Gasteiger partial charge is 0.473 e. The summed E-state index contributed by atoms with van der Waals surface area (Å²) in [5.41, 5.74) is 5.39. The lowest BCUT2D eigenvalue weighted by atomic mass is 10.2. The van der Waals surface area contributed by atoms with Crippen LogP contribution in [0.1, 0.15) is 0 Å². The van der Waals surface area contributed by atoms with Gasteiger partial charge in [-0.25, -0.2) is 4.98 Å². The van der Waals surface area contributed by atoms with Crippen molar-refractivity contribution in [2.24, 2.45) is 0 Å². The highest BCUT2D eigenvalue weighted by molar-refractivity contribution is 7.16. The minimum absolute atomic E-state index is 1.10. The van der Waals surface area contributed by atoms with Gasteiger partial charge in [-0.2, -0.15) is 20.6 Å². The van der Waals surface area contributed by atoms with Crippen LogP contribution < -0.4 is 0 Å². The summed E-state index contributed by atoms with van der Waals surface area (Å²) >= 11 is 1.68. The highest BCUT2D eigenvalue weighted by Gasteiger charge is 2.00. The second-order valence-electron chi connectivity index (χ2n) is 7.05. The Morgan fingerprint density at radius 1 is 0.649 bits per heavy atom. The first-order valence-corrected chi connectivity index (χ1v) is 12.0. The van der Waals surface area contributed by atoms with Crippen LogP contribution in [0.2, 0.25) is 0 Å². The molecule has 184 valence electrons. The molecule has 11 heteroatoms. The van der Waals surface area contributed by atoms with Crippen molar-refractivity contribution in [2.45, 2.75) is 0 Å². The number of rotatable bonds is 0. The van der Waals surface area contributed by atoms with Crippen LogP contribution in [-0.4, -0.2) is 46.0 Å². The molecule has 0 radical (unpaired) electrons. The van der Waals surface area contributed by atoms with E-state index in [0.717, 1.165) is 5.52 Å². The number of fused-ring (bicyclic) bond motifs is 4. The first-order valence-electron chi connectivity index (χ1n) is 11.1. The van der Waals surface area contributed by atoms with Gasteiger partial charge in [0.1, 0.15) is 0 Å². The van der Waals surface area contributed by atoms with Gasteiger partial charge >= 0.3 is 0 Å². The van der Waals surface area contributed by atoms with E-state index in [0.29, 0.717) is 0 Å². The van der Waals surface area contributed by atoms with E-state index in [4.69, 9.17) is 0 Å². The number of nitrogens with one attached hydrogen (secondary N) is 3. The molecule has 10 nitrogen and oxygen atoms in total. The van der Waals surface area contributed by atoms with Gasteiger partial charge in [0, 0.05) is 21.8 Å². The molecule has 37 heavy (non-hydrogen) atoms. The van der Waals surface area contributed by atoms with E-state index < -0.39 is 0 Å². The van der Waals surface area contributed by atoms with Crippen LogP contribution in [0.15, 0.2) is 126 Å². The smallest absolute Gasteiger partial charge is 0.161 e. The van der Waals surface area contributed by atoms with Crippen LogP contribution in [0, 0.1) is 0 Å². The summed E-state index contributed by atoms with van der Waals surface area (Å²) in [7, 11) is 0.